The average molecular weight is 733 g/mol. The van der Waals surface area contributed by atoms with Crippen LogP contribution in [0.2, 0.25) is 13.3 Å². The second kappa shape index (κ2) is 15.3. The van der Waals surface area contributed by atoms with Crippen LogP contribution >= 0.6 is 0 Å². The molecule has 3 aromatic rings. The molecule has 1 saturated carbocycles. The summed E-state index contributed by atoms with van der Waals surface area (Å²) in [5.41, 5.74) is 6.86. The van der Waals surface area contributed by atoms with Crippen molar-refractivity contribution in [2.45, 2.75) is 144 Å². The maximum absolute atomic E-state index is 13.4. The Hall–Kier alpha value is -2.21. The van der Waals surface area contributed by atoms with E-state index in [2.05, 4.69) is 61.7 Å². The molecule has 1 aliphatic carbocycles. The third-order valence-electron chi connectivity index (χ3n) is 10.6. The summed E-state index contributed by atoms with van der Waals surface area (Å²) in [6.07, 6.45) is 16.8. The molecule has 1 aliphatic heterocycles. The van der Waals surface area contributed by atoms with Gasteiger partial charge in [-0.15, -0.1) is 0 Å². The molecule has 0 spiro atoms. The van der Waals surface area contributed by atoms with Crippen LogP contribution in [0.5, 0.6) is 5.75 Å². The van der Waals surface area contributed by atoms with Gasteiger partial charge in [-0.25, -0.2) is 0 Å². The van der Waals surface area contributed by atoms with Gasteiger partial charge in [0.15, 0.2) is 0 Å². The molecule has 1 aromatic heterocycles. The van der Waals surface area contributed by atoms with Crippen molar-refractivity contribution in [3.8, 4) is 17.0 Å². The first kappa shape index (κ1) is 35.1. The van der Waals surface area contributed by atoms with Crippen LogP contribution < -0.4 is 4.74 Å². The number of benzene rings is 2. The monoisotopic (exact) mass is 733 g/mol. The third-order valence-corrected chi connectivity index (χ3v) is 26.6. The molecule has 0 saturated heterocycles. The topological polar surface area (TPSA) is 40.5 Å². The molecule has 1 fully saturated rings. The zero-order chi connectivity index (χ0) is 32.9. The first-order valence-electron chi connectivity index (χ1n) is 18.4. The van der Waals surface area contributed by atoms with Gasteiger partial charge in [-0.3, -0.25) is 0 Å². The van der Waals surface area contributed by atoms with Crippen LogP contribution in [0.1, 0.15) is 140 Å². The third kappa shape index (κ3) is 7.58. The molecule has 0 bridgehead atoms. The summed E-state index contributed by atoms with van der Waals surface area (Å²) >= 11 is -2.84. The zero-order valence-corrected chi connectivity index (χ0v) is 32.8. The van der Waals surface area contributed by atoms with Crippen LogP contribution in [0, 0.1) is 0 Å². The fourth-order valence-electron chi connectivity index (χ4n) is 8.23. The van der Waals surface area contributed by atoms with Crippen molar-refractivity contribution in [2.24, 2.45) is 0 Å². The number of esters is 1. The van der Waals surface area contributed by atoms with Crippen LogP contribution in [0.4, 0.5) is 0 Å². The first-order valence-corrected chi connectivity index (χ1v) is 25.9. The minimum atomic E-state index is -2.84. The molecule has 2 aromatic carbocycles. The van der Waals surface area contributed by atoms with Gasteiger partial charge in [0.25, 0.3) is 0 Å². The number of aromatic nitrogens is 1. The van der Waals surface area contributed by atoms with Gasteiger partial charge >= 0.3 is 285 Å². The summed E-state index contributed by atoms with van der Waals surface area (Å²) in [5.74, 6) is 1.23. The predicted octanol–water partition coefficient (Wildman–Crippen LogP) is 12.1. The van der Waals surface area contributed by atoms with Crippen molar-refractivity contribution in [3.05, 3.63) is 56.7 Å². The van der Waals surface area contributed by atoms with Gasteiger partial charge in [-0.2, -0.15) is 0 Å². The van der Waals surface area contributed by atoms with E-state index in [-0.39, 0.29) is 5.97 Å². The van der Waals surface area contributed by atoms with Crippen LogP contribution in [-0.4, -0.2) is 41.6 Å². The predicted molar refractivity (Wildman–Crippen MR) is 198 cm³/mol. The normalized spacial score (nSPS) is 15.7. The molecule has 0 unspecified atom stereocenters. The Labute approximate surface area is 283 Å². The molecular weight excluding hydrogens is 673 g/mol. The van der Waals surface area contributed by atoms with Crippen LogP contribution in [0.25, 0.3) is 28.2 Å². The Morgan fingerprint density at radius 1 is 0.891 bits per heavy atom. The number of carbonyl (C=O) groups excluding carboxylic acids is 1. The second-order valence-corrected chi connectivity index (χ2v) is 28.6. The van der Waals surface area contributed by atoms with Gasteiger partial charge in [0.2, 0.25) is 0 Å². The van der Waals surface area contributed by atoms with Crippen molar-refractivity contribution in [3.63, 3.8) is 0 Å². The molecule has 46 heavy (non-hydrogen) atoms. The van der Waals surface area contributed by atoms with E-state index in [1.165, 1.54) is 117 Å². The van der Waals surface area contributed by atoms with Gasteiger partial charge in [-0.1, -0.05) is 0 Å². The van der Waals surface area contributed by atoms with Crippen molar-refractivity contribution < 1.29 is 14.3 Å². The average Bonchev–Trinajstić information content (AvgIpc) is 3.26. The summed E-state index contributed by atoms with van der Waals surface area (Å²) in [4.78, 5) is 13.4. The van der Waals surface area contributed by atoms with Crippen molar-refractivity contribution >= 4 is 41.3 Å². The van der Waals surface area contributed by atoms with Gasteiger partial charge in [0.1, 0.15) is 0 Å². The van der Waals surface area contributed by atoms with Gasteiger partial charge in [-0.05, 0) is 0 Å². The number of allylic oxidation sites excluding steroid dienone is 1. The molecule has 2 aliphatic rings. The number of ether oxygens (including phenoxy) is 2. The van der Waals surface area contributed by atoms with Crippen LogP contribution in [-0.2, 0) is 11.3 Å². The minimum absolute atomic E-state index is 0.235. The maximum atomic E-state index is 13.4. The van der Waals surface area contributed by atoms with Crippen molar-refractivity contribution in [1.29, 1.82) is 0 Å². The van der Waals surface area contributed by atoms with Crippen LogP contribution in [0.15, 0.2) is 40.0 Å². The summed E-state index contributed by atoms with van der Waals surface area (Å²) < 4.78 is 20.5. The summed E-state index contributed by atoms with van der Waals surface area (Å²) in [7, 11) is 1.79. The van der Waals surface area contributed by atoms with Gasteiger partial charge in [0.05, 0.1) is 0 Å². The number of hydrogen-bond donors (Lipinski definition) is 0. The Bertz CT molecular complexity index is 1510. The van der Waals surface area contributed by atoms with Crippen LogP contribution in [0.3, 0.4) is 0 Å². The number of methoxy groups -OCH3 is 1. The number of carbonyl (C=O) groups is 1. The number of unbranched alkanes of at least 4 members (excludes halogenated alkanes) is 3. The number of rotatable bonds is 13. The molecule has 0 amide bonds. The quantitative estimate of drug-likeness (QED) is 0.130. The molecule has 0 radical (unpaired) electrons. The number of fused-ring (bicyclic) bond motifs is 5. The molecule has 5 rings (SSSR count). The molecule has 4 nitrogen and oxygen atoms in total. The van der Waals surface area contributed by atoms with E-state index >= 15 is 0 Å². The molecule has 250 valence electrons. The van der Waals surface area contributed by atoms with E-state index in [0.717, 1.165) is 12.3 Å². The Kier molecular flexibility index (Phi) is 11.7. The summed E-state index contributed by atoms with van der Waals surface area (Å²) in [5, 5.41) is 1.33. The van der Waals surface area contributed by atoms with Gasteiger partial charge < -0.3 is 0 Å². The molecule has 5 heteroatoms. The molecule has 0 N–H and O–H groups in total. The van der Waals surface area contributed by atoms with Crippen molar-refractivity contribution in [2.75, 3.05) is 7.11 Å². The SMILES string of the molecule is CCC[CH2][Sn]([CH2]CCC)([CH2]CCC)[C]1=Cc2cc(OC)ccc2-c2c(C3CCCCC3)c3ccc(C(=O)OC(C)(C)C)cc3n2C1. The number of nitrogens with zero attached hydrogens (tertiary/aromatic N) is 1. The zero-order valence-electron chi connectivity index (χ0n) is 29.9. The summed E-state index contributed by atoms with van der Waals surface area (Å²) in [6.45, 7) is 13.9. The molecule has 2 heterocycles. The fraction of sp³-hybridized carbons (Fsp3) is 0.585. The summed E-state index contributed by atoms with van der Waals surface area (Å²) in [6, 6.07) is 13.2. The van der Waals surface area contributed by atoms with E-state index in [0.29, 0.717) is 11.5 Å². The second-order valence-electron chi connectivity index (χ2n) is 15.1. The van der Waals surface area contributed by atoms with Crippen molar-refractivity contribution in [1.82, 2.24) is 4.57 Å². The van der Waals surface area contributed by atoms with E-state index in [1.54, 1.807) is 10.7 Å². The number of hydrogen-bond acceptors (Lipinski definition) is 3. The van der Waals surface area contributed by atoms with E-state index in [4.69, 9.17) is 9.47 Å². The Morgan fingerprint density at radius 3 is 2.13 bits per heavy atom. The Balaban J connectivity index is 1.80. The fourth-order valence-corrected chi connectivity index (χ4v) is 24.7. The van der Waals surface area contributed by atoms with E-state index in [1.807, 2.05) is 26.8 Å². The van der Waals surface area contributed by atoms with Gasteiger partial charge in [0, 0.05) is 0 Å². The van der Waals surface area contributed by atoms with E-state index in [9.17, 15) is 4.79 Å². The van der Waals surface area contributed by atoms with E-state index < -0.39 is 24.0 Å². The standard InChI is InChI=1S/C29H32NO3.3C4H9.Sn/c1-29(2,3)33-28(31)21-12-14-24-25(18-21)30-16-8-11-20-17-22(32-4)13-15-23(20)27(30)26(24)19-9-6-5-7-10-19;3*1-3-4-2;/h11-15,17-19H,5-7,9-10,16H2,1-4H3;3*1,3-4H2,2H3;. The molecular formula is C41H59NO3Sn. The Morgan fingerprint density at radius 2 is 1.54 bits per heavy atom. The molecule has 0 atom stereocenters. The first-order chi connectivity index (χ1) is 22.1.